The van der Waals surface area contributed by atoms with Crippen LogP contribution < -0.4 is 0 Å². The molecule has 16 heavy (non-hydrogen) atoms. The lowest BCUT2D eigenvalue weighted by Crippen LogP contribution is -2.23. The summed E-state index contributed by atoms with van der Waals surface area (Å²) in [6.07, 6.45) is 5.15. The Hall–Kier alpha value is -0.0400. The zero-order chi connectivity index (χ0) is 11.6. The Balaban J connectivity index is 2.03. The summed E-state index contributed by atoms with van der Waals surface area (Å²) < 4.78 is 11.9. The average Bonchev–Trinajstić information content (AvgIpc) is 2.34. The smallest absolute Gasteiger partial charge is 0.157 e. The third-order valence-corrected chi connectivity index (χ3v) is 3.53. The molecule has 1 saturated heterocycles. The van der Waals surface area contributed by atoms with E-state index < -0.39 is 0 Å². The van der Waals surface area contributed by atoms with Gasteiger partial charge in [-0.1, -0.05) is 27.7 Å². The van der Waals surface area contributed by atoms with Gasteiger partial charge in [0, 0.05) is 28.6 Å². The van der Waals surface area contributed by atoms with E-state index in [-0.39, 0.29) is 12.3 Å². The molecule has 1 rings (SSSR count). The van der Waals surface area contributed by atoms with E-state index in [1.807, 2.05) is 0 Å². The van der Waals surface area contributed by atoms with Gasteiger partial charge in [-0.05, 0) is 37.6 Å². The molecule has 1 heterocycles. The largest absolute Gasteiger partial charge is 0.353 e. The van der Waals surface area contributed by atoms with Gasteiger partial charge in [-0.15, -0.1) is 0 Å². The molecule has 0 bridgehead atoms. The topological polar surface area (TPSA) is 67.2 Å². The second kappa shape index (κ2) is 9.04. The third-order valence-electron chi connectivity index (χ3n) is 2.52. The van der Waals surface area contributed by atoms with E-state index in [0.29, 0.717) is 6.61 Å². The third kappa shape index (κ3) is 5.89. The van der Waals surface area contributed by atoms with Crippen molar-refractivity contribution in [2.45, 2.75) is 44.4 Å². The maximum atomic E-state index is 8.33. The van der Waals surface area contributed by atoms with Crippen LogP contribution in [-0.2, 0) is 9.47 Å². The van der Waals surface area contributed by atoms with E-state index in [9.17, 15) is 0 Å². The van der Waals surface area contributed by atoms with Gasteiger partial charge in [-0.2, -0.15) is 0 Å². The molecule has 92 valence electrons. The number of ether oxygens (including phenoxy) is 2. The highest BCUT2D eigenvalue weighted by atomic mass is 127. The van der Waals surface area contributed by atoms with E-state index in [1.54, 1.807) is 0 Å². The number of rotatable bonds is 7. The normalized spacial score (nSPS) is 22.4. The molecule has 0 aromatic heterocycles. The van der Waals surface area contributed by atoms with Crippen molar-refractivity contribution in [2.75, 3.05) is 17.6 Å². The molecule has 0 aromatic rings. The lowest BCUT2D eigenvalue weighted by atomic mass is 10.2. The van der Waals surface area contributed by atoms with E-state index >= 15 is 0 Å². The van der Waals surface area contributed by atoms with Crippen LogP contribution in [0.5, 0.6) is 0 Å². The van der Waals surface area contributed by atoms with Gasteiger partial charge in [0.15, 0.2) is 6.29 Å². The van der Waals surface area contributed by atoms with Crippen molar-refractivity contribution < 1.29 is 9.47 Å². The van der Waals surface area contributed by atoms with Crippen LogP contribution in [0.2, 0.25) is 0 Å². The maximum Gasteiger partial charge on any atom is 0.157 e. The number of halogens is 1. The highest BCUT2D eigenvalue weighted by Crippen LogP contribution is 2.14. The average molecular weight is 339 g/mol. The Labute approximate surface area is 110 Å². The molecule has 0 amide bonds. The van der Waals surface area contributed by atoms with Crippen molar-refractivity contribution >= 4 is 22.6 Å². The molecule has 0 radical (unpaired) electrons. The Kier molecular flexibility index (Phi) is 7.92. The Bertz CT molecular complexity index is 228. The summed E-state index contributed by atoms with van der Waals surface area (Å²) in [4.78, 5) is 2.83. The molecular weight excluding hydrogens is 321 g/mol. The van der Waals surface area contributed by atoms with Crippen molar-refractivity contribution in [1.29, 1.82) is 0 Å². The monoisotopic (exact) mass is 339 g/mol. The standard InChI is InChI=1S/C10H18IN3O2/c11-8-9(13-14-12)4-3-7-16-10-5-1-2-6-15-10/h9-10H,1-8H2. The molecule has 0 spiro atoms. The summed E-state index contributed by atoms with van der Waals surface area (Å²) in [7, 11) is 0. The van der Waals surface area contributed by atoms with Crippen molar-refractivity contribution in [3.05, 3.63) is 10.4 Å². The predicted octanol–water partition coefficient (Wildman–Crippen LogP) is 3.42. The zero-order valence-electron chi connectivity index (χ0n) is 9.35. The first-order valence-corrected chi connectivity index (χ1v) is 7.22. The lowest BCUT2D eigenvalue weighted by molar-refractivity contribution is -0.162. The van der Waals surface area contributed by atoms with Crippen LogP contribution in [0.15, 0.2) is 5.11 Å². The van der Waals surface area contributed by atoms with E-state index in [2.05, 4.69) is 32.6 Å². The number of hydrogen-bond donors (Lipinski definition) is 0. The molecule has 1 aliphatic rings. The molecule has 0 saturated carbocycles. The fraction of sp³-hybridized carbons (Fsp3) is 1.00. The number of alkyl halides is 1. The Morgan fingerprint density at radius 1 is 1.56 bits per heavy atom. The molecular formula is C10H18IN3O2. The van der Waals surface area contributed by atoms with Crippen LogP contribution in [0.3, 0.4) is 0 Å². The van der Waals surface area contributed by atoms with Gasteiger partial charge in [0.05, 0.1) is 0 Å². The highest BCUT2D eigenvalue weighted by molar-refractivity contribution is 14.1. The molecule has 0 aliphatic carbocycles. The molecule has 2 unspecified atom stereocenters. The van der Waals surface area contributed by atoms with Crippen LogP contribution in [-0.4, -0.2) is 30.0 Å². The number of azide groups is 1. The van der Waals surface area contributed by atoms with Gasteiger partial charge in [0.1, 0.15) is 0 Å². The summed E-state index contributed by atoms with van der Waals surface area (Å²) in [5, 5.41) is 3.71. The summed E-state index contributed by atoms with van der Waals surface area (Å²) in [6, 6.07) is 0.0986. The van der Waals surface area contributed by atoms with Crippen LogP contribution >= 0.6 is 22.6 Å². The first kappa shape index (κ1) is 14.0. The van der Waals surface area contributed by atoms with Crippen LogP contribution in [0, 0.1) is 0 Å². The summed E-state index contributed by atoms with van der Waals surface area (Å²) in [5.41, 5.74) is 8.33. The first-order chi connectivity index (χ1) is 7.86. The van der Waals surface area contributed by atoms with Gasteiger partial charge in [0.2, 0.25) is 0 Å². The van der Waals surface area contributed by atoms with Crippen molar-refractivity contribution in [1.82, 2.24) is 0 Å². The fourth-order valence-corrected chi connectivity index (χ4v) is 2.23. The van der Waals surface area contributed by atoms with Crippen LogP contribution in [0.4, 0.5) is 0 Å². The lowest BCUT2D eigenvalue weighted by Gasteiger charge is -2.22. The van der Waals surface area contributed by atoms with Crippen molar-refractivity contribution in [2.24, 2.45) is 5.11 Å². The first-order valence-electron chi connectivity index (χ1n) is 5.70. The molecule has 5 nitrogen and oxygen atoms in total. The summed E-state index contributed by atoms with van der Waals surface area (Å²) in [6.45, 7) is 1.51. The van der Waals surface area contributed by atoms with Gasteiger partial charge >= 0.3 is 0 Å². The van der Waals surface area contributed by atoms with Crippen LogP contribution in [0.1, 0.15) is 32.1 Å². The van der Waals surface area contributed by atoms with Crippen molar-refractivity contribution in [3.8, 4) is 0 Å². The molecule has 0 N–H and O–H groups in total. The van der Waals surface area contributed by atoms with Gasteiger partial charge in [0.25, 0.3) is 0 Å². The Morgan fingerprint density at radius 2 is 2.44 bits per heavy atom. The summed E-state index contributed by atoms with van der Waals surface area (Å²) in [5.74, 6) is 0. The fourth-order valence-electron chi connectivity index (χ4n) is 1.62. The minimum absolute atomic E-state index is 0.00808. The second-order valence-corrected chi connectivity index (χ2v) is 4.70. The highest BCUT2D eigenvalue weighted by Gasteiger charge is 2.13. The maximum absolute atomic E-state index is 8.33. The van der Waals surface area contributed by atoms with Gasteiger partial charge in [-0.3, -0.25) is 0 Å². The molecule has 1 aliphatic heterocycles. The SMILES string of the molecule is [N-]=[N+]=NC(CI)CCCOC1CCCCO1. The molecule has 2 atom stereocenters. The van der Waals surface area contributed by atoms with E-state index in [0.717, 1.165) is 36.7 Å². The minimum atomic E-state index is -0.00808. The quantitative estimate of drug-likeness (QED) is 0.178. The van der Waals surface area contributed by atoms with Crippen molar-refractivity contribution in [3.63, 3.8) is 0 Å². The van der Waals surface area contributed by atoms with Gasteiger partial charge in [-0.25, -0.2) is 0 Å². The summed E-state index contributed by atoms with van der Waals surface area (Å²) >= 11 is 2.24. The number of nitrogens with zero attached hydrogens (tertiary/aromatic N) is 3. The van der Waals surface area contributed by atoms with E-state index in [4.69, 9.17) is 15.0 Å². The van der Waals surface area contributed by atoms with E-state index in [1.165, 1.54) is 6.42 Å². The van der Waals surface area contributed by atoms with Gasteiger partial charge < -0.3 is 9.47 Å². The molecule has 6 heteroatoms. The molecule has 1 fully saturated rings. The predicted molar refractivity (Wildman–Crippen MR) is 70.6 cm³/mol. The number of hydrogen-bond acceptors (Lipinski definition) is 3. The van der Waals surface area contributed by atoms with Crippen LogP contribution in [0.25, 0.3) is 10.4 Å². The Morgan fingerprint density at radius 3 is 3.06 bits per heavy atom. The zero-order valence-corrected chi connectivity index (χ0v) is 11.5. The minimum Gasteiger partial charge on any atom is -0.353 e. The molecule has 0 aromatic carbocycles. The second-order valence-electron chi connectivity index (χ2n) is 3.82.